The molecule has 0 bridgehead atoms. The Kier molecular flexibility index (Phi) is 4.22. The molecule has 1 N–H and O–H groups in total. The molecule has 0 unspecified atom stereocenters. The number of rotatable bonds is 4. The van der Waals surface area contributed by atoms with Crippen LogP contribution in [-0.2, 0) is 0 Å². The Bertz CT molecular complexity index is 446. The number of aliphatic hydroxyl groups is 1. The lowest BCUT2D eigenvalue weighted by Crippen LogP contribution is -2.50. The summed E-state index contributed by atoms with van der Waals surface area (Å²) in [5.74, 6) is 0.518. The number of nitrogens with zero attached hydrogens (tertiary/aromatic N) is 1. The van der Waals surface area contributed by atoms with Crippen molar-refractivity contribution in [3.05, 3.63) is 43.0 Å². The van der Waals surface area contributed by atoms with Crippen LogP contribution in [0.5, 0.6) is 5.75 Å². The largest absolute Gasteiger partial charge is 0.415 e. The molecule has 1 heterocycles. The van der Waals surface area contributed by atoms with E-state index in [1.54, 1.807) is 23.1 Å². The zero-order valence-electron chi connectivity index (χ0n) is 10.9. The maximum Gasteiger partial charge on any atom is 0.415 e. The zero-order chi connectivity index (χ0) is 13.7. The number of benzene rings is 1. The third-order valence-corrected chi connectivity index (χ3v) is 3.58. The summed E-state index contributed by atoms with van der Waals surface area (Å²) in [5, 5.41) is 9.64. The Morgan fingerprint density at radius 3 is 2.84 bits per heavy atom. The number of likely N-dealkylation sites (tertiary alicyclic amines) is 1. The van der Waals surface area contributed by atoms with Gasteiger partial charge in [0, 0.05) is 6.54 Å². The van der Waals surface area contributed by atoms with Crippen LogP contribution in [0.4, 0.5) is 4.79 Å². The summed E-state index contributed by atoms with van der Waals surface area (Å²) in [5.41, 5.74) is -0.548. The molecular weight excluding hydrogens is 242 g/mol. The first kappa shape index (κ1) is 13.6. The van der Waals surface area contributed by atoms with Crippen LogP contribution in [0, 0.1) is 0 Å². The van der Waals surface area contributed by atoms with Crippen molar-refractivity contribution in [3.63, 3.8) is 0 Å². The molecule has 0 spiro atoms. The van der Waals surface area contributed by atoms with Crippen molar-refractivity contribution < 1.29 is 14.6 Å². The van der Waals surface area contributed by atoms with Gasteiger partial charge in [0.1, 0.15) is 5.75 Å². The third-order valence-electron chi connectivity index (χ3n) is 3.58. The average Bonchev–Trinajstić information content (AvgIpc) is 2.85. The second-order valence-corrected chi connectivity index (χ2v) is 4.81. The minimum Gasteiger partial charge on any atom is -0.410 e. The number of carbonyl (C=O) groups is 1. The van der Waals surface area contributed by atoms with Crippen molar-refractivity contribution in [1.82, 2.24) is 4.90 Å². The first-order valence-electron chi connectivity index (χ1n) is 6.48. The van der Waals surface area contributed by atoms with Crippen LogP contribution >= 0.6 is 0 Å². The van der Waals surface area contributed by atoms with E-state index in [2.05, 4.69) is 6.58 Å². The predicted molar refractivity (Wildman–Crippen MR) is 73.0 cm³/mol. The fraction of sp³-hybridized carbons (Fsp3) is 0.400. The summed E-state index contributed by atoms with van der Waals surface area (Å²) >= 11 is 0. The summed E-state index contributed by atoms with van der Waals surface area (Å²) in [4.78, 5) is 13.8. The summed E-state index contributed by atoms with van der Waals surface area (Å²) in [7, 11) is 0. The normalized spacial score (nSPS) is 22.3. The van der Waals surface area contributed by atoms with Crippen molar-refractivity contribution >= 4 is 6.09 Å². The smallest absolute Gasteiger partial charge is 0.410 e. The lowest BCUT2D eigenvalue weighted by molar-refractivity contribution is 0.0655. The van der Waals surface area contributed by atoms with Crippen LogP contribution in [0.15, 0.2) is 43.0 Å². The van der Waals surface area contributed by atoms with Crippen LogP contribution < -0.4 is 4.74 Å². The molecule has 2 rings (SSSR count). The van der Waals surface area contributed by atoms with Crippen molar-refractivity contribution in [3.8, 4) is 5.75 Å². The van der Waals surface area contributed by atoms with Crippen molar-refractivity contribution in [2.75, 3.05) is 13.2 Å². The van der Waals surface area contributed by atoms with Gasteiger partial charge in [-0.05, 0) is 31.4 Å². The highest BCUT2D eigenvalue weighted by Gasteiger charge is 2.43. The number of carbonyl (C=O) groups excluding carboxylic acids is 1. The zero-order valence-corrected chi connectivity index (χ0v) is 10.9. The first-order chi connectivity index (χ1) is 9.22. The minimum absolute atomic E-state index is 0.0666. The number of aliphatic hydroxyl groups excluding tert-OH is 1. The fourth-order valence-corrected chi connectivity index (χ4v) is 2.58. The lowest BCUT2D eigenvalue weighted by Gasteiger charge is -2.35. The number of amides is 1. The molecular formula is C15H19NO3. The molecule has 102 valence electrons. The first-order valence-corrected chi connectivity index (χ1v) is 6.48. The van der Waals surface area contributed by atoms with Crippen LogP contribution in [0.3, 0.4) is 0 Å². The van der Waals surface area contributed by atoms with Gasteiger partial charge in [-0.1, -0.05) is 24.3 Å². The van der Waals surface area contributed by atoms with Gasteiger partial charge in [0.15, 0.2) is 0 Å². The molecule has 0 saturated carbocycles. The maximum atomic E-state index is 12.2. The van der Waals surface area contributed by atoms with E-state index < -0.39 is 11.6 Å². The highest BCUT2D eigenvalue weighted by molar-refractivity contribution is 5.72. The Labute approximate surface area is 113 Å². The lowest BCUT2D eigenvalue weighted by atomic mass is 9.93. The van der Waals surface area contributed by atoms with E-state index in [0.717, 1.165) is 12.8 Å². The molecule has 1 fully saturated rings. The highest BCUT2D eigenvalue weighted by Crippen LogP contribution is 2.33. The molecule has 4 nitrogen and oxygen atoms in total. The number of hydrogen-bond donors (Lipinski definition) is 1. The molecule has 1 aliphatic heterocycles. The van der Waals surface area contributed by atoms with E-state index in [-0.39, 0.29) is 6.61 Å². The highest BCUT2D eigenvalue weighted by atomic mass is 16.6. The molecule has 19 heavy (non-hydrogen) atoms. The van der Waals surface area contributed by atoms with Gasteiger partial charge < -0.3 is 9.84 Å². The van der Waals surface area contributed by atoms with Crippen molar-refractivity contribution in [1.29, 1.82) is 0 Å². The molecule has 1 atom stereocenters. The SMILES string of the molecule is C=CC[C@@]1(CO)CCCN1C(=O)Oc1ccccc1. The molecule has 1 saturated heterocycles. The Balaban J connectivity index is 2.11. The van der Waals surface area contributed by atoms with E-state index in [4.69, 9.17) is 4.74 Å². The van der Waals surface area contributed by atoms with Gasteiger partial charge in [0.05, 0.1) is 12.1 Å². The number of ether oxygens (including phenoxy) is 1. The molecule has 1 aromatic rings. The predicted octanol–water partition coefficient (Wildman–Crippen LogP) is 2.59. The third kappa shape index (κ3) is 2.79. The Morgan fingerprint density at radius 1 is 1.47 bits per heavy atom. The summed E-state index contributed by atoms with van der Waals surface area (Å²) in [6, 6.07) is 8.97. The summed E-state index contributed by atoms with van der Waals surface area (Å²) in [6.07, 6.45) is 3.56. The standard InChI is InChI=1S/C15H19NO3/c1-2-9-15(12-17)10-6-11-16(15)14(18)19-13-7-4-3-5-8-13/h2-5,7-8,17H,1,6,9-12H2/t15-/m0/s1. The summed E-state index contributed by atoms with van der Waals surface area (Å²) < 4.78 is 5.34. The molecule has 4 heteroatoms. The second-order valence-electron chi connectivity index (χ2n) is 4.81. The maximum absolute atomic E-state index is 12.2. The van der Waals surface area contributed by atoms with E-state index in [1.165, 1.54) is 0 Å². The van der Waals surface area contributed by atoms with Gasteiger partial charge in [0.25, 0.3) is 0 Å². The van der Waals surface area contributed by atoms with Gasteiger partial charge in [-0.25, -0.2) is 4.79 Å². The molecule has 0 aliphatic carbocycles. The van der Waals surface area contributed by atoms with E-state index in [0.29, 0.717) is 18.7 Å². The van der Waals surface area contributed by atoms with Crippen LogP contribution in [0.2, 0.25) is 0 Å². The fourth-order valence-electron chi connectivity index (χ4n) is 2.58. The van der Waals surface area contributed by atoms with Crippen molar-refractivity contribution in [2.24, 2.45) is 0 Å². The van der Waals surface area contributed by atoms with Crippen LogP contribution in [0.1, 0.15) is 19.3 Å². The molecule has 1 aromatic carbocycles. The van der Waals surface area contributed by atoms with E-state index in [1.807, 2.05) is 18.2 Å². The topological polar surface area (TPSA) is 49.8 Å². The van der Waals surface area contributed by atoms with Crippen molar-refractivity contribution in [2.45, 2.75) is 24.8 Å². The molecule has 1 aliphatic rings. The molecule has 0 radical (unpaired) electrons. The molecule has 0 aromatic heterocycles. The number of para-hydroxylation sites is 1. The van der Waals surface area contributed by atoms with Gasteiger partial charge in [-0.15, -0.1) is 6.58 Å². The monoisotopic (exact) mass is 261 g/mol. The second kappa shape index (κ2) is 5.89. The van der Waals surface area contributed by atoms with Crippen LogP contribution in [-0.4, -0.2) is 34.8 Å². The molecule has 1 amide bonds. The summed E-state index contributed by atoms with van der Waals surface area (Å²) in [6.45, 7) is 4.25. The van der Waals surface area contributed by atoms with Gasteiger partial charge in [-0.2, -0.15) is 0 Å². The Hall–Kier alpha value is -1.81. The quantitative estimate of drug-likeness (QED) is 0.847. The van der Waals surface area contributed by atoms with Gasteiger partial charge >= 0.3 is 6.09 Å². The Morgan fingerprint density at radius 2 is 2.21 bits per heavy atom. The van der Waals surface area contributed by atoms with Crippen LogP contribution in [0.25, 0.3) is 0 Å². The average molecular weight is 261 g/mol. The number of hydrogen-bond acceptors (Lipinski definition) is 3. The van der Waals surface area contributed by atoms with E-state index >= 15 is 0 Å². The van der Waals surface area contributed by atoms with Gasteiger partial charge in [-0.3, -0.25) is 4.90 Å². The minimum atomic E-state index is -0.548. The van der Waals surface area contributed by atoms with Gasteiger partial charge in [0.2, 0.25) is 0 Å². The van der Waals surface area contributed by atoms with E-state index in [9.17, 15) is 9.90 Å².